The lowest BCUT2D eigenvalue weighted by Gasteiger charge is -2.17. The maximum Gasteiger partial charge on any atom is 0.162 e. The summed E-state index contributed by atoms with van der Waals surface area (Å²) in [6.07, 6.45) is -0.839. The van der Waals surface area contributed by atoms with Crippen LogP contribution in [0.1, 0.15) is 22.8 Å². The summed E-state index contributed by atoms with van der Waals surface area (Å²) >= 11 is 9.69. The van der Waals surface area contributed by atoms with Crippen molar-refractivity contribution in [1.29, 1.82) is 0 Å². The molecule has 0 bridgehead atoms. The quantitative estimate of drug-likeness (QED) is 0.859. The number of aliphatic hydroxyl groups excluding tert-OH is 1. The van der Waals surface area contributed by atoms with Crippen LogP contribution in [0.4, 0.5) is 0 Å². The molecule has 1 N–H and O–H groups in total. The molecule has 0 amide bonds. The van der Waals surface area contributed by atoms with E-state index in [0.717, 1.165) is 15.6 Å². The maximum absolute atomic E-state index is 10.6. The van der Waals surface area contributed by atoms with Gasteiger partial charge < -0.3 is 14.6 Å². The van der Waals surface area contributed by atoms with E-state index in [4.69, 9.17) is 21.1 Å². The lowest BCUT2D eigenvalue weighted by Crippen LogP contribution is -2.03. The molecule has 0 fully saturated rings. The fraction of sp³-hybridized carbons (Fsp3) is 0.250. The number of benzene rings is 2. The minimum Gasteiger partial charge on any atom is -0.493 e. The van der Waals surface area contributed by atoms with Gasteiger partial charge in [-0.2, -0.15) is 0 Å². The van der Waals surface area contributed by atoms with Crippen LogP contribution in [0.15, 0.2) is 34.8 Å². The highest BCUT2D eigenvalue weighted by molar-refractivity contribution is 9.10. The lowest BCUT2D eigenvalue weighted by molar-refractivity contribution is 0.219. The number of rotatable bonds is 4. The summed E-state index contributed by atoms with van der Waals surface area (Å²) < 4.78 is 11.4. The lowest BCUT2D eigenvalue weighted by atomic mass is 9.99. The van der Waals surface area contributed by atoms with E-state index >= 15 is 0 Å². The van der Waals surface area contributed by atoms with Crippen molar-refractivity contribution >= 4 is 27.5 Å². The van der Waals surface area contributed by atoms with Gasteiger partial charge in [0.25, 0.3) is 0 Å². The summed E-state index contributed by atoms with van der Waals surface area (Å²) in [5.74, 6) is 1.06. The molecule has 0 aliphatic carbocycles. The van der Waals surface area contributed by atoms with Crippen LogP contribution >= 0.6 is 27.5 Å². The Morgan fingerprint density at radius 1 is 1.05 bits per heavy atom. The van der Waals surface area contributed by atoms with Crippen LogP contribution in [0.3, 0.4) is 0 Å². The molecule has 2 rings (SSSR count). The summed E-state index contributed by atoms with van der Waals surface area (Å²) in [4.78, 5) is 0. The standard InChI is InChI=1S/C16H16BrClO3/c1-9-4-10(6-11(17)5-9)16(19)12-7-14(20-2)15(21-3)8-13(12)18/h4-8,16,19H,1-3H3. The van der Waals surface area contributed by atoms with Crippen molar-refractivity contribution in [2.45, 2.75) is 13.0 Å². The molecule has 0 radical (unpaired) electrons. The van der Waals surface area contributed by atoms with Crippen molar-refractivity contribution in [1.82, 2.24) is 0 Å². The van der Waals surface area contributed by atoms with Gasteiger partial charge in [-0.3, -0.25) is 0 Å². The van der Waals surface area contributed by atoms with Gasteiger partial charge >= 0.3 is 0 Å². The smallest absolute Gasteiger partial charge is 0.162 e. The highest BCUT2D eigenvalue weighted by Gasteiger charge is 2.18. The Morgan fingerprint density at radius 2 is 1.67 bits per heavy atom. The van der Waals surface area contributed by atoms with Crippen LogP contribution in [-0.4, -0.2) is 19.3 Å². The molecule has 0 saturated carbocycles. The summed E-state index contributed by atoms with van der Waals surface area (Å²) in [6.45, 7) is 1.97. The van der Waals surface area contributed by atoms with Crippen molar-refractivity contribution < 1.29 is 14.6 Å². The zero-order valence-electron chi connectivity index (χ0n) is 12.0. The zero-order valence-corrected chi connectivity index (χ0v) is 14.3. The van der Waals surface area contributed by atoms with Crippen LogP contribution in [-0.2, 0) is 0 Å². The third-order valence-electron chi connectivity index (χ3n) is 3.18. The predicted octanol–water partition coefficient (Wildman–Crippen LogP) is 4.51. The van der Waals surface area contributed by atoms with E-state index in [-0.39, 0.29) is 0 Å². The number of aliphatic hydroxyl groups is 1. The molecule has 112 valence electrons. The maximum atomic E-state index is 10.6. The molecule has 21 heavy (non-hydrogen) atoms. The molecule has 0 aromatic heterocycles. The zero-order chi connectivity index (χ0) is 15.6. The van der Waals surface area contributed by atoms with Gasteiger partial charge in [-0.15, -0.1) is 0 Å². The van der Waals surface area contributed by atoms with Crippen molar-refractivity contribution in [2.75, 3.05) is 14.2 Å². The first kappa shape index (κ1) is 16.1. The number of methoxy groups -OCH3 is 2. The normalized spacial score (nSPS) is 12.1. The molecule has 0 aliphatic heterocycles. The monoisotopic (exact) mass is 370 g/mol. The summed E-state index contributed by atoms with van der Waals surface area (Å²) in [6, 6.07) is 9.10. The van der Waals surface area contributed by atoms with Gasteiger partial charge in [0.1, 0.15) is 6.10 Å². The predicted molar refractivity (Wildman–Crippen MR) is 87.5 cm³/mol. The van der Waals surface area contributed by atoms with Gasteiger partial charge in [0, 0.05) is 16.1 Å². The van der Waals surface area contributed by atoms with E-state index in [0.29, 0.717) is 22.1 Å². The molecule has 3 nitrogen and oxygen atoms in total. The molecule has 0 aliphatic rings. The number of hydrogen-bond acceptors (Lipinski definition) is 3. The van der Waals surface area contributed by atoms with Crippen molar-refractivity contribution in [3.05, 3.63) is 56.5 Å². The van der Waals surface area contributed by atoms with Crippen molar-refractivity contribution in [2.24, 2.45) is 0 Å². The molecule has 0 saturated heterocycles. The second kappa shape index (κ2) is 6.69. The molecule has 0 heterocycles. The van der Waals surface area contributed by atoms with E-state index in [9.17, 15) is 5.11 Å². The molecular formula is C16H16BrClO3. The number of halogens is 2. The second-order valence-corrected chi connectivity index (χ2v) is 6.02. The van der Waals surface area contributed by atoms with Gasteiger partial charge in [-0.25, -0.2) is 0 Å². The van der Waals surface area contributed by atoms with Gasteiger partial charge in [0.15, 0.2) is 11.5 Å². The summed E-state index contributed by atoms with van der Waals surface area (Å²) in [7, 11) is 3.09. The van der Waals surface area contributed by atoms with E-state index in [1.807, 2.05) is 25.1 Å². The minimum atomic E-state index is -0.839. The SMILES string of the molecule is COc1cc(Cl)c(C(O)c2cc(C)cc(Br)c2)cc1OC. The van der Waals surface area contributed by atoms with E-state index < -0.39 is 6.10 Å². The van der Waals surface area contributed by atoms with Gasteiger partial charge in [0.05, 0.1) is 19.2 Å². The number of hydrogen-bond donors (Lipinski definition) is 1. The molecule has 5 heteroatoms. The molecule has 1 atom stereocenters. The first-order valence-corrected chi connectivity index (χ1v) is 7.50. The van der Waals surface area contributed by atoms with Crippen LogP contribution in [0, 0.1) is 6.92 Å². The average Bonchev–Trinajstić information content (AvgIpc) is 2.45. The van der Waals surface area contributed by atoms with E-state index in [1.165, 1.54) is 0 Å². The first-order valence-electron chi connectivity index (χ1n) is 6.33. The highest BCUT2D eigenvalue weighted by atomic mass is 79.9. The number of aryl methyl sites for hydroxylation is 1. The van der Waals surface area contributed by atoms with E-state index in [2.05, 4.69) is 15.9 Å². The summed E-state index contributed by atoms with van der Waals surface area (Å²) in [5.41, 5.74) is 2.39. The van der Waals surface area contributed by atoms with Crippen LogP contribution in [0.25, 0.3) is 0 Å². The van der Waals surface area contributed by atoms with Gasteiger partial charge in [-0.05, 0) is 36.2 Å². The number of ether oxygens (including phenoxy) is 2. The Kier molecular flexibility index (Phi) is 5.14. The molecular weight excluding hydrogens is 356 g/mol. The Morgan fingerprint density at radius 3 is 2.24 bits per heavy atom. The van der Waals surface area contributed by atoms with Crippen LogP contribution < -0.4 is 9.47 Å². The molecule has 2 aromatic rings. The third-order valence-corrected chi connectivity index (χ3v) is 3.96. The first-order chi connectivity index (χ1) is 9.96. The third kappa shape index (κ3) is 3.51. The summed E-state index contributed by atoms with van der Waals surface area (Å²) in [5, 5.41) is 11.0. The topological polar surface area (TPSA) is 38.7 Å². The largest absolute Gasteiger partial charge is 0.493 e. The fourth-order valence-corrected chi connectivity index (χ4v) is 3.06. The highest BCUT2D eigenvalue weighted by Crippen LogP contribution is 2.38. The van der Waals surface area contributed by atoms with Gasteiger partial charge in [-0.1, -0.05) is 33.6 Å². The Balaban J connectivity index is 2.49. The Labute approximate surface area is 137 Å². The minimum absolute atomic E-state index is 0.428. The average molecular weight is 372 g/mol. The molecule has 2 aromatic carbocycles. The van der Waals surface area contributed by atoms with E-state index in [1.54, 1.807) is 26.4 Å². The Bertz CT molecular complexity index is 638. The van der Waals surface area contributed by atoms with Crippen molar-refractivity contribution in [3.8, 4) is 11.5 Å². The molecule has 0 spiro atoms. The Hall–Kier alpha value is -1.23. The second-order valence-electron chi connectivity index (χ2n) is 4.69. The fourth-order valence-electron chi connectivity index (χ4n) is 2.18. The molecule has 1 unspecified atom stereocenters. The van der Waals surface area contributed by atoms with Gasteiger partial charge in [0.2, 0.25) is 0 Å². The van der Waals surface area contributed by atoms with Crippen molar-refractivity contribution in [3.63, 3.8) is 0 Å². The van der Waals surface area contributed by atoms with Crippen LogP contribution in [0.2, 0.25) is 5.02 Å². The van der Waals surface area contributed by atoms with Crippen LogP contribution in [0.5, 0.6) is 11.5 Å².